The maximum atomic E-state index is 12.0. The molecule has 0 radical (unpaired) electrons. The average Bonchev–Trinajstić information content (AvgIpc) is 2.45. The second-order valence-corrected chi connectivity index (χ2v) is 9.29. The van der Waals surface area contributed by atoms with E-state index in [0.717, 1.165) is 18.4 Å². The largest absolute Gasteiger partial charge is 0.445 e. The molecule has 110 valence electrons. The van der Waals surface area contributed by atoms with Crippen LogP contribution in [0.3, 0.4) is 0 Å². The van der Waals surface area contributed by atoms with E-state index in [9.17, 15) is 9.36 Å². The number of carbonyl (C=O) groups excluding carboxylic acids is 1. The summed E-state index contributed by atoms with van der Waals surface area (Å²) in [5, 5.41) is 0. The topological polar surface area (TPSA) is 46.6 Å². The van der Waals surface area contributed by atoms with Gasteiger partial charge in [-0.05, 0) is 31.7 Å². The molecular formula is C15H22NO3P. The maximum Gasteiger partial charge on any atom is 0.410 e. The van der Waals surface area contributed by atoms with E-state index in [2.05, 4.69) is 0 Å². The zero-order valence-electron chi connectivity index (χ0n) is 12.1. The van der Waals surface area contributed by atoms with Gasteiger partial charge in [-0.25, -0.2) is 4.79 Å². The molecule has 1 fully saturated rings. The zero-order chi connectivity index (χ0) is 14.6. The van der Waals surface area contributed by atoms with Crippen molar-refractivity contribution in [3.63, 3.8) is 0 Å². The van der Waals surface area contributed by atoms with Gasteiger partial charge in [0.15, 0.2) is 0 Å². The number of rotatable bonds is 3. The van der Waals surface area contributed by atoms with Crippen LogP contribution in [0.5, 0.6) is 0 Å². The van der Waals surface area contributed by atoms with E-state index in [1.54, 1.807) is 4.90 Å². The predicted octanol–water partition coefficient (Wildman–Crippen LogP) is 3.41. The van der Waals surface area contributed by atoms with E-state index in [4.69, 9.17) is 4.74 Å². The van der Waals surface area contributed by atoms with Crippen LogP contribution in [-0.2, 0) is 15.9 Å². The van der Waals surface area contributed by atoms with E-state index < -0.39 is 7.14 Å². The van der Waals surface area contributed by atoms with Crippen molar-refractivity contribution in [2.75, 3.05) is 26.4 Å². The maximum absolute atomic E-state index is 12.0. The van der Waals surface area contributed by atoms with E-state index in [-0.39, 0.29) is 11.8 Å². The SMILES string of the molecule is CP(C)(=O)C1CCN(C(=O)OCc2ccccc2)CC1. The van der Waals surface area contributed by atoms with Crippen molar-refractivity contribution >= 4 is 13.2 Å². The summed E-state index contributed by atoms with van der Waals surface area (Å²) in [5.74, 6) is 0. The van der Waals surface area contributed by atoms with Gasteiger partial charge in [0.25, 0.3) is 0 Å². The molecule has 1 heterocycles. The molecule has 0 bridgehead atoms. The van der Waals surface area contributed by atoms with Gasteiger partial charge in [-0.15, -0.1) is 0 Å². The first kappa shape index (κ1) is 15.1. The van der Waals surface area contributed by atoms with Crippen molar-refractivity contribution in [1.29, 1.82) is 0 Å². The van der Waals surface area contributed by atoms with Crippen LogP contribution in [0.25, 0.3) is 0 Å². The fourth-order valence-corrected chi connectivity index (χ4v) is 3.96. The molecule has 0 N–H and O–H groups in total. The summed E-state index contributed by atoms with van der Waals surface area (Å²) in [6, 6.07) is 9.65. The molecule has 1 aliphatic heterocycles. The van der Waals surface area contributed by atoms with Crippen LogP contribution in [0.2, 0.25) is 0 Å². The van der Waals surface area contributed by atoms with Crippen LogP contribution in [-0.4, -0.2) is 43.1 Å². The molecule has 1 saturated heterocycles. The highest BCUT2D eigenvalue weighted by molar-refractivity contribution is 7.63. The smallest absolute Gasteiger partial charge is 0.410 e. The first-order valence-corrected chi connectivity index (χ1v) is 9.64. The Kier molecular flexibility index (Phi) is 4.87. The van der Waals surface area contributed by atoms with Crippen molar-refractivity contribution in [3.8, 4) is 0 Å². The fourth-order valence-electron chi connectivity index (χ4n) is 2.48. The number of ether oxygens (including phenoxy) is 1. The zero-order valence-corrected chi connectivity index (χ0v) is 13.0. The first-order valence-electron chi connectivity index (χ1n) is 6.97. The van der Waals surface area contributed by atoms with Gasteiger partial charge < -0.3 is 14.2 Å². The van der Waals surface area contributed by atoms with Crippen LogP contribution < -0.4 is 0 Å². The summed E-state index contributed by atoms with van der Waals surface area (Å²) in [5.41, 5.74) is 1.24. The van der Waals surface area contributed by atoms with Gasteiger partial charge in [-0.1, -0.05) is 30.3 Å². The summed E-state index contributed by atoms with van der Waals surface area (Å²) < 4.78 is 17.3. The van der Waals surface area contributed by atoms with E-state index in [1.807, 2.05) is 43.7 Å². The lowest BCUT2D eigenvalue weighted by Gasteiger charge is -2.33. The number of nitrogens with zero attached hydrogens (tertiary/aromatic N) is 1. The minimum absolute atomic E-state index is 0.251. The molecule has 1 aromatic carbocycles. The Morgan fingerprint density at radius 1 is 1.25 bits per heavy atom. The molecule has 1 aliphatic rings. The van der Waals surface area contributed by atoms with Crippen LogP contribution in [0, 0.1) is 0 Å². The highest BCUT2D eigenvalue weighted by atomic mass is 31.2. The van der Waals surface area contributed by atoms with E-state index in [1.165, 1.54) is 0 Å². The molecule has 20 heavy (non-hydrogen) atoms. The van der Waals surface area contributed by atoms with Crippen molar-refractivity contribution in [2.24, 2.45) is 0 Å². The summed E-state index contributed by atoms with van der Waals surface area (Å²) in [7, 11) is -2.04. The van der Waals surface area contributed by atoms with Crippen molar-refractivity contribution < 1.29 is 14.1 Å². The molecule has 1 aromatic rings. The second kappa shape index (κ2) is 6.45. The third-order valence-corrected chi connectivity index (χ3v) is 6.08. The number of benzene rings is 1. The predicted molar refractivity (Wildman–Crippen MR) is 80.7 cm³/mol. The normalized spacial score (nSPS) is 17.0. The quantitative estimate of drug-likeness (QED) is 0.803. The number of hydrogen-bond donors (Lipinski definition) is 0. The Hall–Kier alpha value is -1.28. The van der Waals surface area contributed by atoms with Gasteiger partial charge in [0.05, 0.1) is 7.14 Å². The summed E-state index contributed by atoms with van der Waals surface area (Å²) >= 11 is 0. The number of hydrogen-bond acceptors (Lipinski definition) is 3. The van der Waals surface area contributed by atoms with E-state index >= 15 is 0 Å². The highest BCUT2D eigenvalue weighted by Crippen LogP contribution is 2.47. The summed E-state index contributed by atoms with van der Waals surface area (Å²) in [6.45, 7) is 5.26. The number of piperidine rings is 1. The molecular weight excluding hydrogens is 273 g/mol. The average molecular weight is 295 g/mol. The molecule has 1 amide bonds. The van der Waals surface area contributed by atoms with Gasteiger partial charge in [0, 0.05) is 18.7 Å². The lowest BCUT2D eigenvalue weighted by molar-refractivity contribution is 0.0897. The fraction of sp³-hybridized carbons (Fsp3) is 0.533. The molecule has 0 saturated carbocycles. The van der Waals surface area contributed by atoms with Crippen molar-refractivity contribution in [3.05, 3.63) is 35.9 Å². The monoisotopic (exact) mass is 295 g/mol. The van der Waals surface area contributed by atoms with Gasteiger partial charge in [-0.2, -0.15) is 0 Å². The Morgan fingerprint density at radius 2 is 1.85 bits per heavy atom. The Labute approximate surface area is 120 Å². The molecule has 0 spiro atoms. The standard InChI is InChI=1S/C15H22NO3P/c1-20(2,18)14-8-10-16(11-9-14)15(17)19-12-13-6-4-3-5-7-13/h3-7,14H,8-12H2,1-2H3. The number of amides is 1. The van der Waals surface area contributed by atoms with Crippen LogP contribution in [0.4, 0.5) is 4.79 Å². The molecule has 0 atom stereocenters. The van der Waals surface area contributed by atoms with Gasteiger partial charge in [0.1, 0.15) is 6.61 Å². The molecule has 5 heteroatoms. The molecule has 4 nitrogen and oxygen atoms in total. The molecule has 0 aromatic heterocycles. The Morgan fingerprint density at radius 3 is 2.40 bits per heavy atom. The molecule has 2 rings (SSSR count). The van der Waals surface area contributed by atoms with Crippen LogP contribution >= 0.6 is 7.14 Å². The number of likely N-dealkylation sites (tertiary alicyclic amines) is 1. The summed E-state index contributed by atoms with van der Waals surface area (Å²) in [6.07, 6.45) is 1.35. The van der Waals surface area contributed by atoms with Crippen LogP contribution in [0.15, 0.2) is 30.3 Å². The highest BCUT2D eigenvalue weighted by Gasteiger charge is 2.30. The van der Waals surface area contributed by atoms with Crippen LogP contribution in [0.1, 0.15) is 18.4 Å². The first-order chi connectivity index (χ1) is 9.47. The van der Waals surface area contributed by atoms with E-state index in [0.29, 0.717) is 19.7 Å². The number of carbonyl (C=O) groups is 1. The third-order valence-electron chi connectivity index (χ3n) is 3.81. The lowest BCUT2D eigenvalue weighted by atomic mass is 10.1. The van der Waals surface area contributed by atoms with Gasteiger partial charge >= 0.3 is 6.09 Å². The van der Waals surface area contributed by atoms with Crippen molar-refractivity contribution in [2.45, 2.75) is 25.1 Å². The Balaban J connectivity index is 1.79. The lowest BCUT2D eigenvalue weighted by Crippen LogP contribution is -2.40. The minimum atomic E-state index is -2.04. The third kappa shape index (κ3) is 4.11. The summed E-state index contributed by atoms with van der Waals surface area (Å²) in [4.78, 5) is 13.7. The second-order valence-electron chi connectivity index (χ2n) is 5.69. The molecule has 0 aliphatic carbocycles. The van der Waals surface area contributed by atoms with Gasteiger partial charge in [0.2, 0.25) is 0 Å². The Bertz CT molecular complexity index is 489. The molecule has 0 unspecified atom stereocenters. The van der Waals surface area contributed by atoms with Crippen molar-refractivity contribution in [1.82, 2.24) is 4.90 Å². The van der Waals surface area contributed by atoms with Gasteiger partial charge in [-0.3, -0.25) is 0 Å². The minimum Gasteiger partial charge on any atom is -0.445 e.